The molecule has 3 rings (SSSR count). The van der Waals surface area contributed by atoms with Gasteiger partial charge in [0, 0.05) is 11.6 Å². The Balaban J connectivity index is 1.89. The van der Waals surface area contributed by atoms with E-state index in [4.69, 9.17) is 4.74 Å². The van der Waals surface area contributed by atoms with Gasteiger partial charge < -0.3 is 9.72 Å². The van der Waals surface area contributed by atoms with Crippen LogP contribution >= 0.6 is 0 Å². The number of H-pyrrole nitrogens is 1. The zero-order valence-electron chi connectivity index (χ0n) is 17.5. The fourth-order valence-corrected chi connectivity index (χ4v) is 3.98. The molecule has 3 unspecified atom stereocenters. The van der Waals surface area contributed by atoms with Crippen molar-refractivity contribution in [3.63, 3.8) is 0 Å². The quantitative estimate of drug-likeness (QED) is 0.549. The van der Waals surface area contributed by atoms with Crippen molar-refractivity contribution in [2.24, 2.45) is 5.92 Å². The van der Waals surface area contributed by atoms with E-state index in [1.165, 1.54) is 6.07 Å². The van der Waals surface area contributed by atoms with Gasteiger partial charge in [0.05, 0.1) is 11.5 Å². The Bertz CT molecular complexity index is 1100. The number of hydrogen-bond acceptors (Lipinski definition) is 3. The molecule has 0 aliphatic carbocycles. The SMILES string of the molecule is CCC(C)C(C#N)(CC)c1cccc(OC(C)c2ccc3[nH]c(=O)ccc3c2)c1. The third-order valence-electron chi connectivity index (χ3n) is 6.09. The van der Waals surface area contributed by atoms with E-state index in [1.54, 1.807) is 0 Å². The third kappa shape index (κ3) is 4.05. The van der Waals surface area contributed by atoms with E-state index in [-0.39, 0.29) is 17.6 Å². The van der Waals surface area contributed by atoms with Crippen molar-refractivity contribution in [3.05, 3.63) is 76.1 Å². The summed E-state index contributed by atoms with van der Waals surface area (Å²) >= 11 is 0. The van der Waals surface area contributed by atoms with Crippen LogP contribution in [0.1, 0.15) is 57.8 Å². The Morgan fingerprint density at radius 1 is 1.10 bits per heavy atom. The highest BCUT2D eigenvalue weighted by molar-refractivity contribution is 5.79. The number of fused-ring (bicyclic) bond motifs is 1. The first kappa shape index (κ1) is 20.7. The second-order valence-corrected chi connectivity index (χ2v) is 7.70. The Kier molecular flexibility index (Phi) is 6.08. The lowest BCUT2D eigenvalue weighted by atomic mass is 9.69. The normalized spacial score (nSPS) is 15.3. The van der Waals surface area contributed by atoms with Crippen molar-refractivity contribution < 1.29 is 4.74 Å². The van der Waals surface area contributed by atoms with Crippen molar-refractivity contribution >= 4 is 10.9 Å². The Morgan fingerprint density at radius 3 is 2.59 bits per heavy atom. The van der Waals surface area contributed by atoms with E-state index in [2.05, 4.69) is 31.8 Å². The molecule has 1 N–H and O–H groups in total. The molecule has 4 nitrogen and oxygen atoms in total. The van der Waals surface area contributed by atoms with Crippen molar-refractivity contribution in [1.82, 2.24) is 4.98 Å². The maximum absolute atomic E-state index is 11.5. The smallest absolute Gasteiger partial charge is 0.248 e. The van der Waals surface area contributed by atoms with Gasteiger partial charge >= 0.3 is 0 Å². The van der Waals surface area contributed by atoms with Crippen molar-refractivity contribution in [2.45, 2.75) is 52.1 Å². The Hall–Kier alpha value is -3.06. The van der Waals surface area contributed by atoms with Crippen LogP contribution in [0.25, 0.3) is 10.9 Å². The van der Waals surface area contributed by atoms with Gasteiger partial charge in [-0.05, 0) is 66.1 Å². The summed E-state index contributed by atoms with van der Waals surface area (Å²) in [7, 11) is 0. The van der Waals surface area contributed by atoms with Gasteiger partial charge in [0.2, 0.25) is 5.56 Å². The molecule has 150 valence electrons. The molecule has 29 heavy (non-hydrogen) atoms. The fraction of sp³-hybridized carbons (Fsp3) is 0.360. The van der Waals surface area contributed by atoms with Crippen LogP contribution in [0.15, 0.2) is 59.4 Å². The van der Waals surface area contributed by atoms with Gasteiger partial charge in [0.1, 0.15) is 11.9 Å². The summed E-state index contributed by atoms with van der Waals surface area (Å²) in [6.45, 7) is 8.35. The first-order valence-electron chi connectivity index (χ1n) is 10.2. The van der Waals surface area contributed by atoms with Crippen LogP contribution < -0.4 is 10.3 Å². The summed E-state index contributed by atoms with van der Waals surface area (Å²) in [4.78, 5) is 14.3. The van der Waals surface area contributed by atoms with Crippen molar-refractivity contribution in [3.8, 4) is 11.8 Å². The van der Waals surface area contributed by atoms with Crippen molar-refractivity contribution in [1.29, 1.82) is 5.26 Å². The van der Waals surface area contributed by atoms with E-state index in [0.29, 0.717) is 0 Å². The van der Waals surface area contributed by atoms with E-state index < -0.39 is 5.41 Å². The lowest BCUT2D eigenvalue weighted by molar-refractivity contribution is 0.226. The second-order valence-electron chi connectivity index (χ2n) is 7.70. The monoisotopic (exact) mass is 388 g/mol. The Morgan fingerprint density at radius 2 is 1.90 bits per heavy atom. The second kappa shape index (κ2) is 8.53. The molecule has 0 radical (unpaired) electrons. The summed E-state index contributed by atoms with van der Waals surface area (Å²) in [5, 5.41) is 11.0. The average Bonchev–Trinajstić information content (AvgIpc) is 2.74. The zero-order chi connectivity index (χ0) is 21.0. The molecular weight excluding hydrogens is 360 g/mol. The molecule has 0 aliphatic rings. The fourth-order valence-electron chi connectivity index (χ4n) is 3.98. The average molecular weight is 389 g/mol. The highest BCUT2D eigenvalue weighted by Gasteiger charge is 2.36. The van der Waals surface area contributed by atoms with E-state index in [9.17, 15) is 10.1 Å². The van der Waals surface area contributed by atoms with Crippen LogP contribution in [0.3, 0.4) is 0 Å². The number of pyridine rings is 1. The molecule has 1 aromatic heterocycles. The van der Waals surface area contributed by atoms with Gasteiger partial charge in [-0.3, -0.25) is 4.79 Å². The number of nitrogens with zero attached hydrogens (tertiary/aromatic N) is 1. The van der Waals surface area contributed by atoms with Crippen LogP contribution in [0, 0.1) is 17.2 Å². The van der Waals surface area contributed by atoms with Crippen molar-refractivity contribution in [2.75, 3.05) is 0 Å². The molecule has 0 fully saturated rings. The number of hydrogen-bond donors (Lipinski definition) is 1. The van der Waals surface area contributed by atoms with Gasteiger partial charge in [0.15, 0.2) is 0 Å². The molecule has 0 bridgehead atoms. The lowest BCUT2D eigenvalue weighted by Gasteiger charge is -2.32. The molecule has 0 amide bonds. The number of benzene rings is 2. The largest absolute Gasteiger partial charge is 0.486 e. The molecule has 2 aromatic carbocycles. The van der Waals surface area contributed by atoms with Gasteiger partial charge in [-0.15, -0.1) is 0 Å². The molecule has 0 spiro atoms. The highest BCUT2D eigenvalue weighted by atomic mass is 16.5. The first-order chi connectivity index (χ1) is 13.9. The molecule has 0 saturated heterocycles. The van der Waals surface area contributed by atoms with Gasteiger partial charge in [-0.1, -0.05) is 45.4 Å². The molecule has 3 aromatic rings. The molecule has 4 heteroatoms. The van der Waals surface area contributed by atoms with E-state index >= 15 is 0 Å². The highest BCUT2D eigenvalue weighted by Crippen LogP contribution is 2.38. The summed E-state index contributed by atoms with van der Waals surface area (Å²) in [6, 6.07) is 19.8. The summed E-state index contributed by atoms with van der Waals surface area (Å²) < 4.78 is 6.23. The topological polar surface area (TPSA) is 65.9 Å². The van der Waals surface area contributed by atoms with Crippen LogP contribution in [-0.4, -0.2) is 4.98 Å². The van der Waals surface area contributed by atoms with Gasteiger partial charge in [0.25, 0.3) is 0 Å². The molecule has 3 atom stereocenters. The minimum atomic E-state index is -0.508. The summed E-state index contributed by atoms with van der Waals surface area (Å²) in [6.07, 6.45) is 1.55. The minimum Gasteiger partial charge on any atom is -0.486 e. The number of nitrogens with one attached hydrogen (secondary N) is 1. The van der Waals surface area contributed by atoms with Gasteiger partial charge in [-0.2, -0.15) is 5.26 Å². The number of aromatic amines is 1. The third-order valence-corrected chi connectivity index (χ3v) is 6.09. The maximum Gasteiger partial charge on any atom is 0.248 e. The number of ether oxygens (including phenoxy) is 1. The number of nitriles is 1. The van der Waals surface area contributed by atoms with Crippen LogP contribution in [0.2, 0.25) is 0 Å². The predicted octanol–water partition coefficient (Wildman–Crippen LogP) is 5.89. The zero-order valence-corrected chi connectivity index (χ0v) is 17.5. The van der Waals surface area contributed by atoms with E-state index in [1.807, 2.05) is 55.5 Å². The molecule has 0 aliphatic heterocycles. The van der Waals surface area contributed by atoms with Crippen LogP contribution in [0.5, 0.6) is 5.75 Å². The number of rotatable bonds is 7. The van der Waals surface area contributed by atoms with Crippen LogP contribution in [-0.2, 0) is 5.41 Å². The predicted molar refractivity (Wildman–Crippen MR) is 117 cm³/mol. The molecule has 0 saturated carbocycles. The summed E-state index contributed by atoms with van der Waals surface area (Å²) in [5.74, 6) is 1.01. The minimum absolute atomic E-state index is 0.107. The summed E-state index contributed by atoms with van der Waals surface area (Å²) in [5.41, 5.74) is 2.23. The van der Waals surface area contributed by atoms with Crippen LogP contribution in [0.4, 0.5) is 0 Å². The Labute approximate surface area is 172 Å². The maximum atomic E-state index is 11.5. The van der Waals surface area contributed by atoms with E-state index in [0.717, 1.165) is 40.6 Å². The molecular formula is C25H28N2O2. The standard InChI is InChI=1S/C25H28N2O2/c1-5-17(3)25(6-2,16-26)21-8-7-9-22(15-21)29-18(4)19-10-12-23-20(14-19)11-13-24(28)27-23/h7-15,17-18H,5-6H2,1-4H3,(H,27,28). The van der Waals surface area contributed by atoms with Gasteiger partial charge in [-0.25, -0.2) is 0 Å². The molecule has 1 heterocycles. The lowest BCUT2D eigenvalue weighted by Crippen LogP contribution is -2.31. The number of aromatic nitrogens is 1. The first-order valence-corrected chi connectivity index (χ1v) is 10.2.